The molecule has 4 rings (SSSR count). The van der Waals surface area contributed by atoms with Crippen LogP contribution in [-0.4, -0.2) is 96.9 Å². The maximum atomic E-state index is 11.9. The average molecular weight is 739 g/mol. The molecule has 2 aromatic heterocycles. The summed E-state index contributed by atoms with van der Waals surface area (Å²) in [5.41, 5.74) is -1.54. The van der Waals surface area contributed by atoms with Crippen molar-refractivity contribution in [3.63, 3.8) is 0 Å². The van der Waals surface area contributed by atoms with Crippen LogP contribution in [0.4, 0.5) is 0 Å². The van der Waals surface area contributed by atoms with Gasteiger partial charge in [-0.3, -0.25) is 28.7 Å². The third-order valence-corrected chi connectivity index (χ3v) is 7.29. The summed E-state index contributed by atoms with van der Waals surface area (Å²) in [6.07, 6.45) is 5.08. The van der Waals surface area contributed by atoms with Gasteiger partial charge in [0.1, 0.15) is 24.7 Å². The molecule has 2 aliphatic heterocycles. The fourth-order valence-electron chi connectivity index (χ4n) is 4.40. The Morgan fingerprint density at radius 3 is 1.70 bits per heavy atom. The molecule has 0 aliphatic carbocycles. The van der Waals surface area contributed by atoms with E-state index in [9.17, 15) is 19.2 Å². The normalized spacial score (nSPS) is 23.9. The van der Waals surface area contributed by atoms with Crippen LogP contribution in [0.2, 0.25) is 0 Å². The van der Waals surface area contributed by atoms with E-state index in [0.29, 0.717) is 35.2 Å². The Kier molecular flexibility index (Phi) is 17.5. The van der Waals surface area contributed by atoms with Crippen LogP contribution >= 0.6 is 22.6 Å². The summed E-state index contributed by atoms with van der Waals surface area (Å²) in [4.78, 5) is 51.0. The molecule has 0 bridgehead atoms. The zero-order valence-electron chi connectivity index (χ0n) is 24.5. The van der Waals surface area contributed by atoms with Gasteiger partial charge in [0.15, 0.2) is 0 Å². The summed E-state index contributed by atoms with van der Waals surface area (Å²) in [7, 11) is 6.34. The van der Waals surface area contributed by atoms with E-state index < -0.39 is 35.0 Å². The van der Waals surface area contributed by atoms with Gasteiger partial charge in [-0.1, -0.05) is 26.2 Å². The van der Waals surface area contributed by atoms with Crippen molar-refractivity contribution in [1.82, 2.24) is 19.1 Å². The van der Waals surface area contributed by atoms with Crippen molar-refractivity contribution >= 4 is 28.7 Å². The first-order valence-electron chi connectivity index (χ1n) is 13.1. The Bertz CT molecular complexity index is 1420. The van der Waals surface area contributed by atoms with Crippen LogP contribution in [-0.2, 0) is 28.4 Å². The largest absolute Gasteiger partial charge is 0.392 e. The highest BCUT2D eigenvalue weighted by Crippen LogP contribution is 2.30. The molecule has 2 fully saturated rings. The van der Waals surface area contributed by atoms with Crippen LogP contribution in [0.3, 0.4) is 0 Å². The molecule has 2 aromatic rings. The number of ether oxygens (including phenoxy) is 6. The van der Waals surface area contributed by atoms with Crippen LogP contribution in [0.15, 0.2) is 50.8 Å². The SMILES string of the molecule is C.C=CCO.C=Cc1cn(C2CC(OC)C(COC)O2)c(=O)[nH]c1=O.COCC1OC(n2cc(I)c(=O)[nH]c2=O)CC1OC. The van der Waals surface area contributed by atoms with Gasteiger partial charge in [-0.25, -0.2) is 9.59 Å². The van der Waals surface area contributed by atoms with Gasteiger partial charge in [-0.2, -0.15) is 0 Å². The lowest BCUT2D eigenvalue weighted by Crippen LogP contribution is -2.33. The molecule has 2 aliphatic rings. The van der Waals surface area contributed by atoms with Crippen molar-refractivity contribution in [3.8, 4) is 0 Å². The second-order valence-corrected chi connectivity index (χ2v) is 10.4. The predicted molar refractivity (Wildman–Crippen MR) is 172 cm³/mol. The minimum Gasteiger partial charge on any atom is -0.392 e. The van der Waals surface area contributed by atoms with Gasteiger partial charge in [0.2, 0.25) is 0 Å². The fourth-order valence-corrected chi connectivity index (χ4v) is 4.84. The predicted octanol–water partition coefficient (Wildman–Crippen LogP) is 1.02. The maximum absolute atomic E-state index is 11.9. The minimum atomic E-state index is -0.515. The topological polar surface area (TPSA) is 185 Å². The first kappa shape index (κ1) is 39.3. The molecule has 0 spiro atoms. The number of aromatic nitrogens is 4. The number of rotatable bonds is 10. The van der Waals surface area contributed by atoms with E-state index in [1.807, 2.05) is 22.6 Å². The van der Waals surface area contributed by atoms with Crippen LogP contribution in [0.25, 0.3) is 6.08 Å². The molecule has 4 heterocycles. The van der Waals surface area contributed by atoms with Gasteiger partial charge in [-0.15, -0.1) is 6.58 Å². The smallest absolute Gasteiger partial charge is 0.330 e. The highest BCUT2D eigenvalue weighted by atomic mass is 127. The lowest BCUT2D eigenvalue weighted by atomic mass is 10.2. The number of nitrogens with one attached hydrogen (secondary N) is 2. The highest BCUT2D eigenvalue weighted by Gasteiger charge is 2.38. The lowest BCUT2D eigenvalue weighted by molar-refractivity contribution is -0.0618. The Balaban J connectivity index is 0.000000385. The first-order valence-corrected chi connectivity index (χ1v) is 14.2. The van der Waals surface area contributed by atoms with E-state index in [1.54, 1.807) is 28.4 Å². The fraction of sp³-hybridized carbons (Fsp3) is 0.571. The van der Waals surface area contributed by atoms with Crippen molar-refractivity contribution in [1.29, 1.82) is 0 Å². The van der Waals surface area contributed by atoms with Gasteiger partial charge in [0.25, 0.3) is 11.1 Å². The number of H-pyrrole nitrogens is 2. The number of aromatic amines is 2. The number of hydrogen-bond donors (Lipinski definition) is 3. The first-order chi connectivity index (χ1) is 20.6. The molecule has 248 valence electrons. The molecule has 6 unspecified atom stereocenters. The quantitative estimate of drug-likeness (QED) is 0.234. The number of hydrogen-bond acceptors (Lipinski definition) is 11. The van der Waals surface area contributed by atoms with Gasteiger partial charge in [0, 0.05) is 53.7 Å². The number of aliphatic hydroxyl groups excluding tert-OH is 1. The molecule has 0 saturated carbocycles. The Hall–Kier alpha value is -2.71. The van der Waals surface area contributed by atoms with Crippen molar-refractivity contribution in [2.24, 2.45) is 0 Å². The van der Waals surface area contributed by atoms with E-state index >= 15 is 0 Å². The maximum Gasteiger partial charge on any atom is 0.330 e. The van der Waals surface area contributed by atoms with E-state index in [0.717, 1.165) is 0 Å². The summed E-state index contributed by atoms with van der Waals surface area (Å²) in [5.74, 6) is 0. The zero-order valence-corrected chi connectivity index (χ0v) is 26.7. The van der Waals surface area contributed by atoms with Crippen molar-refractivity contribution in [3.05, 3.63) is 82.4 Å². The molecule has 44 heavy (non-hydrogen) atoms. The molecular weight excluding hydrogens is 695 g/mol. The molecular formula is C28H43IN4O11. The van der Waals surface area contributed by atoms with Crippen molar-refractivity contribution < 1.29 is 33.5 Å². The third-order valence-electron chi connectivity index (χ3n) is 6.52. The second-order valence-electron chi connectivity index (χ2n) is 9.26. The van der Waals surface area contributed by atoms with Gasteiger partial charge in [0.05, 0.1) is 41.2 Å². The molecule has 0 aromatic carbocycles. The summed E-state index contributed by atoms with van der Waals surface area (Å²) in [6.45, 7) is 7.63. The molecule has 0 radical (unpaired) electrons. The number of aliphatic hydroxyl groups is 1. The summed E-state index contributed by atoms with van der Waals surface area (Å²) in [5, 5.41) is 7.76. The summed E-state index contributed by atoms with van der Waals surface area (Å²) in [6, 6.07) is 0. The van der Waals surface area contributed by atoms with Gasteiger partial charge in [-0.05, 0) is 22.6 Å². The highest BCUT2D eigenvalue weighted by molar-refractivity contribution is 14.1. The van der Waals surface area contributed by atoms with Gasteiger partial charge < -0.3 is 33.5 Å². The molecule has 16 heteroatoms. The van der Waals surface area contributed by atoms with Crippen LogP contribution in [0, 0.1) is 3.57 Å². The molecule has 3 N–H and O–H groups in total. The van der Waals surface area contributed by atoms with Crippen LogP contribution < -0.4 is 22.5 Å². The Labute approximate surface area is 268 Å². The second kappa shape index (κ2) is 19.6. The molecule has 6 atom stereocenters. The Morgan fingerprint density at radius 1 is 0.886 bits per heavy atom. The van der Waals surface area contributed by atoms with Crippen LogP contribution in [0.1, 0.15) is 38.3 Å². The summed E-state index contributed by atoms with van der Waals surface area (Å²) < 4.78 is 35.5. The molecule has 0 amide bonds. The van der Waals surface area contributed by atoms with Gasteiger partial charge >= 0.3 is 11.4 Å². The van der Waals surface area contributed by atoms with E-state index in [4.69, 9.17) is 33.5 Å². The number of methoxy groups -OCH3 is 4. The third kappa shape index (κ3) is 10.4. The Morgan fingerprint density at radius 2 is 1.32 bits per heavy atom. The van der Waals surface area contributed by atoms with E-state index in [2.05, 4.69) is 23.1 Å². The minimum absolute atomic E-state index is 0. The molecule has 2 saturated heterocycles. The summed E-state index contributed by atoms with van der Waals surface area (Å²) >= 11 is 1.87. The van der Waals surface area contributed by atoms with E-state index in [1.165, 1.54) is 33.7 Å². The number of halogens is 1. The van der Waals surface area contributed by atoms with Crippen LogP contribution in [0.5, 0.6) is 0 Å². The van der Waals surface area contributed by atoms with Crippen molar-refractivity contribution in [2.45, 2.75) is 57.1 Å². The van der Waals surface area contributed by atoms with Crippen molar-refractivity contribution in [2.75, 3.05) is 48.3 Å². The zero-order chi connectivity index (χ0) is 32.1. The number of nitrogens with zero attached hydrogens (tertiary/aromatic N) is 2. The average Bonchev–Trinajstić information content (AvgIpc) is 3.59. The standard InChI is InChI=1S/C13H18N2O5.C11H15IN2O5.C3H6O.CH4/c1-4-8-6-15(13(17)14-12(8)16)11-5-9(19-3)10(20-11)7-18-2;1-17-5-8-7(18-2)3-9(19-8)14-4-6(12)10(15)13-11(14)16;1-2-3-4;/h4,6,9-11H,1,5,7H2,2-3H3,(H,14,16,17);4,7-9H,3,5H2,1-2H3,(H,13,15,16);2,4H,1,3H2;1H4. The molecule has 15 nitrogen and oxygen atoms in total. The monoisotopic (exact) mass is 738 g/mol. The lowest BCUT2D eigenvalue weighted by Gasteiger charge is -2.16. The van der Waals surface area contributed by atoms with E-state index in [-0.39, 0.29) is 38.4 Å².